The molecule has 1 N–H and O–H groups in total. The normalized spacial score (nSPS) is 10.2. The van der Waals surface area contributed by atoms with Gasteiger partial charge in [-0.25, -0.2) is 4.98 Å². The molecule has 3 nitrogen and oxygen atoms in total. The number of hydrogen-bond acceptors (Lipinski definition) is 4. The Kier molecular flexibility index (Phi) is 4.01. The molecule has 1 aromatic carbocycles. The largest absolute Gasteiger partial charge is 0.495 e. The minimum absolute atomic E-state index is 0.0751. The molecule has 0 aliphatic heterocycles. The van der Waals surface area contributed by atoms with Gasteiger partial charge in [0.25, 0.3) is 0 Å². The van der Waals surface area contributed by atoms with Gasteiger partial charge in [0, 0.05) is 4.90 Å². The summed E-state index contributed by atoms with van der Waals surface area (Å²) < 4.78 is 5.05. The van der Waals surface area contributed by atoms with Crippen molar-refractivity contribution in [1.29, 1.82) is 0 Å². The Morgan fingerprint density at radius 3 is 2.47 bits per heavy atom. The van der Waals surface area contributed by atoms with E-state index in [0.717, 1.165) is 21.2 Å². The first-order valence-electron chi connectivity index (χ1n) is 5.19. The summed E-state index contributed by atoms with van der Waals surface area (Å²) in [6, 6.07) is 11.6. The molecule has 0 saturated heterocycles. The highest BCUT2D eigenvalue weighted by Crippen LogP contribution is 2.26. The van der Waals surface area contributed by atoms with Crippen LogP contribution in [-0.4, -0.2) is 17.2 Å². The van der Waals surface area contributed by atoms with Crippen LogP contribution >= 0.6 is 11.8 Å². The summed E-state index contributed by atoms with van der Waals surface area (Å²) in [5.74, 6) is 0.755. The smallest absolute Gasteiger partial charge is 0.137 e. The molecule has 1 aromatic heterocycles. The van der Waals surface area contributed by atoms with Crippen molar-refractivity contribution in [3.05, 3.63) is 48.2 Å². The number of methoxy groups -OCH3 is 1. The number of rotatable bonds is 4. The first-order valence-corrected chi connectivity index (χ1v) is 6.01. The molecule has 2 rings (SSSR count). The summed E-state index contributed by atoms with van der Waals surface area (Å²) >= 11 is 1.58. The first kappa shape index (κ1) is 12.0. The molecule has 0 unspecified atom stereocenters. The second-order valence-corrected chi connectivity index (χ2v) is 4.53. The van der Waals surface area contributed by atoms with Gasteiger partial charge in [0.15, 0.2) is 0 Å². The molecular formula is C13H13NO2S. The number of ether oxygens (including phenoxy) is 1. The molecule has 0 aliphatic rings. The van der Waals surface area contributed by atoms with E-state index in [-0.39, 0.29) is 6.61 Å². The number of aliphatic hydroxyl groups excluding tert-OH is 1. The van der Waals surface area contributed by atoms with Crippen LogP contribution in [0.15, 0.2) is 52.5 Å². The van der Waals surface area contributed by atoms with Gasteiger partial charge in [-0.05, 0) is 29.8 Å². The van der Waals surface area contributed by atoms with Crippen molar-refractivity contribution in [2.45, 2.75) is 16.5 Å². The Morgan fingerprint density at radius 2 is 1.94 bits per heavy atom. The van der Waals surface area contributed by atoms with Crippen LogP contribution in [0.4, 0.5) is 0 Å². The monoisotopic (exact) mass is 247 g/mol. The maximum Gasteiger partial charge on any atom is 0.137 e. The highest BCUT2D eigenvalue weighted by molar-refractivity contribution is 7.99. The Balaban J connectivity index is 2.08. The van der Waals surface area contributed by atoms with Gasteiger partial charge >= 0.3 is 0 Å². The fourth-order valence-corrected chi connectivity index (χ4v) is 2.09. The molecule has 0 aliphatic carbocycles. The van der Waals surface area contributed by atoms with E-state index in [1.54, 1.807) is 25.1 Å². The number of nitrogens with zero attached hydrogens (tertiary/aromatic N) is 1. The van der Waals surface area contributed by atoms with Crippen LogP contribution in [0.5, 0.6) is 5.75 Å². The molecule has 88 valence electrons. The maximum atomic E-state index is 8.94. The van der Waals surface area contributed by atoms with E-state index in [1.807, 2.05) is 36.4 Å². The van der Waals surface area contributed by atoms with Crippen molar-refractivity contribution in [3.63, 3.8) is 0 Å². The molecule has 4 heteroatoms. The lowest BCUT2D eigenvalue weighted by Crippen LogP contribution is -1.85. The number of benzene rings is 1. The van der Waals surface area contributed by atoms with Gasteiger partial charge in [-0.3, -0.25) is 0 Å². The van der Waals surface area contributed by atoms with Crippen LogP contribution in [-0.2, 0) is 6.61 Å². The summed E-state index contributed by atoms with van der Waals surface area (Å²) in [7, 11) is 1.62. The van der Waals surface area contributed by atoms with E-state index in [4.69, 9.17) is 9.84 Å². The van der Waals surface area contributed by atoms with E-state index in [1.165, 1.54) is 0 Å². The highest BCUT2D eigenvalue weighted by Gasteiger charge is 1.99. The Labute approximate surface area is 104 Å². The third kappa shape index (κ3) is 3.22. The van der Waals surface area contributed by atoms with E-state index >= 15 is 0 Å². The summed E-state index contributed by atoms with van der Waals surface area (Å²) in [4.78, 5) is 5.37. The average molecular weight is 247 g/mol. The first-order chi connectivity index (χ1) is 8.31. The van der Waals surface area contributed by atoms with Crippen molar-refractivity contribution < 1.29 is 9.84 Å². The predicted octanol–water partition coefficient (Wildman–Crippen LogP) is 2.73. The zero-order valence-corrected chi connectivity index (χ0v) is 10.3. The number of aromatic nitrogens is 1. The summed E-state index contributed by atoms with van der Waals surface area (Å²) in [5, 5.41) is 9.86. The molecule has 0 atom stereocenters. The second-order valence-electron chi connectivity index (χ2n) is 3.44. The van der Waals surface area contributed by atoms with Crippen molar-refractivity contribution in [2.24, 2.45) is 0 Å². The lowest BCUT2D eigenvalue weighted by Gasteiger charge is -2.03. The zero-order chi connectivity index (χ0) is 12.1. The molecule has 17 heavy (non-hydrogen) atoms. The molecule has 1 heterocycles. The van der Waals surface area contributed by atoms with Crippen molar-refractivity contribution in [1.82, 2.24) is 4.98 Å². The van der Waals surface area contributed by atoms with Gasteiger partial charge in [0.1, 0.15) is 10.8 Å². The third-order valence-corrected chi connectivity index (χ3v) is 3.23. The maximum absolute atomic E-state index is 8.94. The Bertz CT molecular complexity index is 422. The van der Waals surface area contributed by atoms with E-state index < -0.39 is 0 Å². The van der Waals surface area contributed by atoms with Crippen LogP contribution in [0, 0.1) is 0 Å². The Morgan fingerprint density at radius 1 is 1.18 bits per heavy atom. The van der Waals surface area contributed by atoms with Gasteiger partial charge in [-0.1, -0.05) is 23.9 Å². The van der Waals surface area contributed by atoms with Crippen LogP contribution in [0.3, 0.4) is 0 Å². The predicted molar refractivity (Wildman–Crippen MR) is 67.3 cm³/mol. The quantitative estimate of drug-likeness (QED) is 0.902. The van der Waals surface area contributed by atoms with Crippen LogP contribution < -0.4 is 4.74 Å². The van der Waals surface area contributed by atoms with Gasteiger partial charge in [0.05, 0.1) is 19.9 Å². The zero-order valence-electron chi connectivity index (χ0n) is 9.46. The van der Waals surface area contributed by atoms with Gasteiger partial charge in [-0.15, -0.1) is 0 Å². The SMILES string of the molecule is COc1ccc(Sc2ccc(CO)cc2)nc1. The fraction of sp³-hybridized carbons (Fsp3) is 0.154. The standard InChI is InChI=1S/C13H13NO2S/c1-16-11-4-7-13(14-8-11)17-12-5-2-10(9-15)3-6-12/h2-8,15H,9H2,1H3. The van der Waals surface area contributed by atoms with Crippen LogP contribution in [0.2, 0.25) is 0 Å². The van der Waals surface area contributed by atoms with E-state index in [0.29, 0.717) is 0 Å². The number of aliphatic hydroxyl groups is 1. The summed E-state index contributed by atoms with van der Waals surface area (Å²) in [6.45, 7) is 0.0751. The minimum Gasteiger partial charge on any atom is -0.495 e. The van der Waals surface area contributed by atoms with Gasteiger partial charge in [0.2, 0.25) is 0 Å². The van der Waals surface area contributed by atoms with E-state index in [9.17, 15) is 0 Å². The minimum atomic E-state index is 0.0751. The highest BCUT2D eigenvalue weighted by atomic mass is 32.2. The topological polar surface area (TPSA) is 42.4 Å². The van der Waals surface area contributed by atoms with Crippen molar-refractivity contribution >= 4 is 11.8 Å². The fourth-order valence-electron chi connectivity index (χ4n) is 1.33. The second kappa shape index (κ2) is 5.70. The molecular weight excluding hydrogens is 234 g/mol. The van der Waals surface area contributed by atoms with Gasteiger partial charge < -0.3 is 9.84 Å². The van der Waals surface area contributed by atoms with E-state index in [2.05, 4.69) is 4.98 Å². The third-order valence-electron chi connectivity index (χ3n) is 2.27. The lowest BCUT2D eigenvalue weighted by atomic mass is 10.2. The Hall–Kier alpha value is -1.52. The lowest BCUT2D eigenvalue weighted by molar-refractivity contribution is 0.282. The number of hydrogen-bond donors (Lipinski definition) is 1. The van der Waals surface area contributed by atoms with Crippen molar-refractivity contribution in [3.8, 4) is 5.75 Å². The average Bonchev–Trinajstić information content (AvgIpc) is 2.40. The molecule has 2 aromatic rings. The summed E-state index contributed by atoms with van der Waals surface area (Å²) in [6.07, 6.45) is 1.70. The molecule has 0 saturated carbocycles. The molecule has 0 bridgehead atoms. The van der Waals surface area contributed by atoms with Gasteiger partial charge in [-0.2, -0.15) is 0 Å². The molecule has 0 amide bonds. The molecule has 0 spiro atoms. The summed E-state index contributed by atoms with van der Waals surface area (Å²) in [5.41, 5.74) is 0.914. The molecule has 0 fully saturated rings. The molecule has 0 radical (unpaired) electrons. The van der Waals surface area contributed by atoms with Crippen LogP contribution in [0.25, 0.3) is 0 Å². The van der Waals surface area contributed by atoms with Crippen LogP contribution in [0.1, 0.15) is 5.56 Å². The van der Waals surface area contributed by atoms with Crippen molar-refractivity contribution in [2.75, 3.05) is 7.11 Å². The number of pyridine rings is 1.